The van der Waals surface area contributed by atoms with Crippen LogP contribution in [-0.4, -0.2) is 74.7 Å². The van der Waals surface area contributed by atoms with Gasteiger partial charge in [-0.15, -0.1) is 0 Å². The highest BCUT2D eigenvalue weighted by atomic mass is 16.5. The second-order valence-electron chi connectivity index (χ2n) is 6.46. The molecule has 1 N–H and O–H groups in total. The Morgan fingerprint density at radius 3 is 2.95 bits per heavy atom. The molecule has 0 aromatic rings. The Hall–Kier alpha value is -0.650. The second kappa shape index (κ2) is 5.38. The van der Waals surface area contributed by atoms with Crippen molar-refractivity contribution in [2.45, 2.75) is 25.4 Å². The average Bonchev–Trinajstić information content (AvgIpc) is 2.66. The van der Waals surface area contributed by atoms with E-state index in [9.17, 15) is 4.79 Å². The SMILES string of the molecule is CN1CCOC(CN2CC3(CCNCC3)CC2=O)C1. The van der Waals surface area contributed by atoms with E-state index in [1.165, 1.54) is 0 Å². The predicted octanol–water partition coefficient (Wildman–Crippen LogP) is -0.0809. The zero-order chi connectivity index (χ0) is 13.3. The number of ether oxygens (including phenoxy) is 1. The van der Waals surface area contributed by atoms with Crippen molar-refractivity contribution in [2.75, 3.05) is 52.9 Å². The number of nitrogens with zero attached hydrogens (tertiary/aromatic N) is 2. The van der Waals surface area contributed by atoms with Gasteiger partial charge >= 0.3 is 0 Å². The van der Waals surface area contributed by atoms with Crippen LogP contribution >= 0.6 is 0 Å². The number of likely N-dealkylation sites (N-methyl/N-ethyl adjacent to an activating group) is 1. The molecule has 1 atom stereocenters. The molecule has 3 rings (SSSR count). The van der Waals surface area contributed by atoms with Crippen LogP contribution in [0.4, 0.5) is 0 Å². The van der Waals surface area contributed by atoms with Crippen LogP contribution in [0.3, 0.4) is 0 Å². The fourth-order valence-electron chi connectivity index (χ4n) is 3.66. The lowest BCUT2D eigenvalue weighted by Gasteiger charge is -2.35. The van der Waals surface area contributed by atoms with Gasteiger partial charge in [-0.05, 0) is 38.4 Å². The molecule has 0 bridgehead atoms. The van der Waals surface area contributed by atoms with Crippen molar-refractivity contribution in [1.29, 1.82) is 0 Å². The lowest BCUT2D eigenvalue weighted by atomic mass is 9.78. The molecule has 3 saturated heterocycles. The van der Waals surface area contributed by atoms with E-state index >= 15 is 0 Å². The first-order chi connectivity index (χ1) is 9.17. The smallest absolute Gasteiger partial charge is 0.223 e. The molecule has 3 aliphatic rings. The van der Waals surface area contributed by atoms with Crippen LogP contribution < -0.4 is 5.32 Å². The van der Waals surface area contributed by atoms with Crippen LogP contribution in [0.2, 0.25) is 0 Å². The van der Waals surface area contributed by atoms with Gasteiger partial charge < -0.3 is 19.9 Å². The number of piperidine rings is 1. The van der Waals surface area contributed by atoms with Gasteiger partial charge in [0, 0.05) is 32.6 Å². The van der Waals surface area contributed by atoms with Crippen LogP contribution in [0.25, 0.3) is 0 Å². The van der Waals surface area contributed by atoms with Crippen molar-refractivity contribution in [3.05, 3.63) is 0 Å². The molecule has 1 spiro atoms. The van der Waals surface area contributed by atoms with Gasteiger partial charge in [0.1, 0.15) is 0 Å². The number of hydrogen-bond donors (Lipinski definition) is 1. The maximum Gasteiger partial charge on any atom is 0.223 e. The summed E-state index contributed by atoms with van der Waals surface area (Å²) in [6.07, 6.45) is 3.22. The molecule has 3 aliphatic heterocycles. The number of rotatable bonds is 2. The Morgan fingerprint density at radius 1 is 1.42 bits per heavy atom. The number of likely N-dealkylation sites (tertiary alicyclic amines) is 1. The Bertz CT molecular complexity index is 342. The Morgan fingerprint density at radius 2 is 2.21 bits per heavy atom. The molecule has 3 fully saturated rings. The van der Waals surface area contributed by atoms with Crippen molar-refractivity contribution in [1.82, 2.24) is 15.1 Å². The third kappa shape index (κ3) is 2.93. The van der Waals surface area contributed by atoms with Crippen LogP contribution in [-0.2, 0) is 9.53 Å². The van der Waals surface area contributed by atoms with Crippen LogP contribution in [0, 0.1) is 5.41 Å². The molecule has 5 heteroatoms. The number of carbonyl (C=O) groups is 1. The average molecular weight is 267 g/mol. The fourth-order valence-corrected chi connectivity index (χ4v) is 3.66. The van der Waals surface area contributed by atoms with Crippen LogP contribution in [0.15, 0.2) is 0 Å². The number of hydrogen-bond acceptors (Lipinski definition) is 4. The molecule has 3 heterocycles. The van der Waals surface area contributed by atoms with Crippen molar-refractivity contribution in [2.24, 2.45) is 5.41 Å². The van der Waals surface area contributed by atoms with Gasteiger partial charge in [0.05, 0.1) is 12.7 Å². The molecule has 0 aromatic carbocycles. The molecule has 0 radical (unpaired) electrons. The Balaban J connectivity index is 1.58. The van der Waals surface area contributed by atoms with Crippen molar-refractivity contribution in [3.63, 3.8) is 0 Å². The molecule has 108 valence electrons. The summed E-state index contributed by atoms with van der Waals surface area (Å²) in [7, 11) is 2.12. The number of amides is 1. The molecular weight excluding hydrogens is 242 g/mol. The normalized spacial score (nSPS) is 32.2. The summed E-state index contributed by atoms with van der Waals surface area (Å²) in [6, 6.07) is 0. The first-order valence-corrected chi connectivity index (χ1v) is 7.46. The standard InChI is InChI=1S/C14H25N3O2/c1-16-6-7-19-12(9-16)10-17-11-14(8-13(17)18)2-4-15-5-3-14/h12,15H,2-11H2,1H3. The van der Waals surface area contributed by atoms with Crippen LogP contribution in [0.5, 0.6) is 0 Å². The molecule has 1 amide bonds. The third-order valence-corrected chi connectivity index (χ3v) is 4.84. The summed E-state index contributed by atoms with van der Waals surface area (Å²) in [6.45, 7) is 6.57. The van der Waals surface area contributed by atoms with Crippen molar-refractivity contribution < 1.29 is 9.53 Å². The van der Waals surface area contributed by atoms with E-state index in [0.29, 0.717) is 5.91 Å². The first-order valence-electron chi connectivity index (χ1n) is 7.46. The van der Waals surface area contributed by atoms with E-state index in [4.69, 9.17) is 4.74 Å². The molecule has 19 heavy (non-hydrogen) atoms. The summed E-state index contributed by atoms with van der Waals surface area (Å²) < 4.78 is 5.79. The monoisotopic (exact) mass is 267 g/mol. The summed E-state index contributed by atoms with van der Waals surface area (Å²) >= 11 is 0. The van der Waals surface area contributed by atoms with Crippen LogP contribution in [0.1, 0.15) is 19.3 Å². The van der Waals surface area contributed by atoms with Gasteiger partial charge in [-0.3, -0.25) is 4.79 Å². The minimum atomic E-state index is 0.194. The van der Waals surface area contributed by atoms with Gasteiger partial charge in [0.15, 0.2) is 0 Å². The van der Waals surface area contributed by atoms with E-state index in [0.717, 1.165) is 65.1 Å². The highest BCUT2D eigenvalue weighted by Crippen LogP contribution is 2.39. The lowest BCUT2D eigenvalue weighted by Crippen LogP contribution is -2.47. The molecule has 0 saturated carbocycles. The minimum Gasteiger partial charge on any atom is -0.374 e. The Labute approximate surface area is 115 Å². The fraction of sp³-hybridized carbons (Fsp3) is 0.929. The summed E-state index contributed by atoms with van der Waals surface area (Å²) in [5.41, 5.74) is 0.253. The van der Waals surface area contributed by atoms with E-state index < -0.39 is 0 Å². The van der Waals surface area contributed by atoms with E-state index in [-0.39, 0.29) is 11.5 Å². The van der Waals surface area contributed by atoms with E-state index in [2.05, 4.69) is 22.2 Å². The van der Waals surface area contributed by atoms with Gasteiger partial charge in [0.2, 0.25) is 5.91 Å². The van der Waals surface area contributed by atoms with E-state index in [1.54, 1.807) is 0 Å². The summed E-state index contributed by atoms with van der Waals surface area (Å²) in [4.78, 5) is 16.6. The maximum absolute atomic E-state index is 12.2. The summed E-state index contributed by atoms with van der Waals surface area (Å²) in [5, 5.41) is 3.39. The number of nitrogens with one attached hydrogen (secondary N) is 1. The Kier molecular flexibility index (Phi) is 3.78. The van der Waals surface area contributed by atoms with Gasteiger partial charge in [0.25, 0.3) is 0 Å². The van der Waals surface area contributed by atoms with Gasteiger partial charge in [-0.25, -0.2) is 0 Å². The van der Waals surface area contributed by atoms with Gasteiger partial charge in [-0.1, -0.05) is 0 Å². The van der Waals surface area contributed by atoms with Crippen molar-refractivity contribution >= 4 is 5.91 Å². The van der Waals surface area contributed by atoms with Crippen molar-refractivity contribution in [3.8, 4) is 0 Å². The number of carbonyl (C=O) groups excluding carboxylic acids is 1. The number of morpholine rings is 1. The summed E-state index contributed by atoms with van der Waals surface area (Å²) in [5.74, 6) is 0.332. The molecule has 5 nitrogen and oxygen atoms in total. The predicted molar refractivity (Wildman–Crippen MR) is 73.0 cm³/mol. The largest absolute Gasteiger partial charge is 0.374 e. The lowest BCUT2D eigenvalue weighted by molar-refractivity contribution is -0.130. The zero-order valence-corrected chi connectivity index (χ0v) is 11.9. The zero-order valence-electron chi connectivity index (χ0n) is 11.9. The molecular formula is C14H25N3O2. The topological polar surface area (TPSA) is 44.8 Å². The minimum absolute atomic E-state index is 0.194. The third-order valence-electron chi connectivity index (χ3n) is 4.84. The highest BCUT2D eigenvalue weighted by molar-refractivity contribution is 5.79. The molecule has 0 aliphatic carbocycles. The quantitative estimate of drug-likeness (QED) is 0.760. The first kappa shape index (κ1) is 13.3. The van der Waals surface area contributed by atoms with Gasteiger partial charge in [-0.2, -0.15) is 0 Å². The molecule has 1 unspecified atom stereocenters. The van der Waals surface area contributed by atoms with E-state index in [1.807, 2.05) is 0 Å². The molecule has 0 aromatic heterocycles. The maximum atomic E-state index is 12.2. The second-order valence-corrected chi connectivity index (χ2v) is 6.46. The highest BCUT2D eigenvalue weighted by Gasteiger charge is 2.44.